The SMILES string of the molecule is NCC(=O)N1CC(=O)NC12CCCC2. The summed E-state index contributed by atoms with van der Waals surface area (Å²) in [5.41, 5.74) is 4.92. The molecule has 5 nitrogen and oxygen atoms in total. The molecule has 0 bridgehead atoms. The van der Waals surface area contributed by atoms with Gasteiger partial charge in [-0.1, -0.05) is 0 Å². The van der Waals surface area contributed by atoms with Crippen LogP contribution in [-0.4, -0.2) is 35.5 Å². The van der Waals surface area contributed by atoms with Gasteiger partial charge in [-0.05, 0) is 25.7 Å². The van der Waals surface area contributed by atoms with Crippen LogP contribution < -0.4 is 11.1 Å². The molecule has 0 radical (unpaired) electrons. The number of carbonyl (C=O) groups is 2. The lowest BCUT2D eigenvalue weighted by Gasteiger charge is -2.33. The Morgan fingerprint density at radius 3 is 2.71 bits per heavy atom. The highest BCUT2D eigenvalue weighted by molar-refractivity contribution is 5.90. The Labute approximate surface area is 82.6 Å². The van der Waals surface area contributed by atoms with E-state index in [1.54, 1.807) is 4.90 Å². The molecular formula is C9H15N3O2. The van der Waals surface area contributed by atoms with Crippen molar-refractivity contribution in [2.45, 2.75) is 31.3 Å². The molecule has 0 aromatic heterocycles. The maximum Gasteiger partial charge on any atom is 0.241 e. The van der Waals surface area contributed by atoms with E-state index in [-0.39, 0.29) is 24.9 Å². The summed E-state index contributed by atoms with van der Waals surface area (Å²) in [5.74, 6) is -0.195. The zero-order valence-corrected chi connectivity index (χ0v) is 8.08. The molecule has 0 unspecified atom stereocenters. The Kier molecular flexibility index (Phi) is 2.19. The van der Waals surface area contributed by atoms with Gasteiger partial charge in [0.15, 0.2) is 0 Å². The molecule has 0 atom stereocenters. The fraction of sp³-hybridized carbons (Fsp3) is 0.778. The molecule has 14 heavy (non-hydrogen) atoms. The minimum Gasteiger partial charge on any atom is -0.332 e. The van der Waals surface area contributed by atoms with Crippen molar-refractivity contribution >= 4 is 11.8 Å². The second-order valence-electron chi connectivity index (χ2n) is 3.97. The molecule has 1 saturated carbocycles. The third-order valence-corrected chi connectivity index (χ3v) is 3.10. The summed E-state index contributed by atoms with van der Waals surface area (Å²) in [5, 5.41) is 2.91. The molecule has 1 aliphatic carbocycles. The third kappa shape index (κ3) is 1.28. The summed E-state index contributed by atoms with van der Waals surface area (Å²) in [6, 6.07) is 0. The molecule has 2 rings (SSSR count). The van der Waals surface area contributed by atoms with E-state index >= 15 is 0 Å². The summed E-state index contributed by atoms with van der Waals surface area (Å²) in [6.45, 7) is 0.159. The number of rotatable bonds is 1. The number of hydrogen-bond donors (Lipinski definition) is 2. The van der Waals surface area contributed by atoms with Crippen LogP contribution in [0, 0.1) is 0 Å². The zero-order valence-electron chi connectivity index (χ0n) is 8.08. The van der Waals surface area contributed by atoms with Crippen molar-refractivity contribution in [2.24, 2.45) is 5.73 Å². The van der Waals surface area contributed by atoms with Gasteiger partial charge in [0, 0.05) is 0 Å². The minimum atomic E-state index is -0.395. The molecule has 2 aliphatic rings. The molecule has 78 valence electrons. The molecule has 1 aliphatic heterocycles. The van der Waals surface area contributed by atoms with Crippen molar-refractivity contribution in [3.05, 3.63) is 0 Å². The number of amides is 2. The lowest BCUT2D eigenvalue weighted by molar-refractivity contribution is -0.134. The smallest absolute Gasteiger partial charge is 0.241 e. The van der Waals surface area contributed by atoms with Crippen molar-refractivity contribution in [1.82, 2.24) is 10.2 Å². The first-order valence-electron chi connectivity index (χ1n) is 4.99. The largest absolute Gasteiger partial charge is 0.332 e. The van der Waals surface area contributed by atoms with Crippen LogP contribution in [-0.2, 0) is 9.59 Å². The number of nitrogens with zero attached hydrogens (tertiary/aromatic N) is 1. The van der Waals surface area contributed by atoms with Gasteiger partial charge in [0.25, 0.3) is 0 Å². The molecule has 1 heterocycles. The summed E-state index contributed by atoms with van der Waals surface area (Å²) in [7, 11) is 0. The Bertz CT molecular complexity index is 271. The second kappa shape index (κ2) is 3.24. The minimum absolute atomic E-state index is 0.0172. The normalized spacial score (nSPS) is 24.4. The van der Waals surface area contributed by atoms with E-state index in [1.165, 1.54) is 0 Å². The lowest BCUT2D eigenvalue weighted by atomic mass is 10.1. The highest BCUT2D eigenvalue weighted by atomic mass is 16.2. The van der Waals surface area contributed by atoms with Crippen LogP contribution in [0.2, 0.25) is 0 Å². The topological polar surface area (TPSA) is 75.4 Å². The van der Waals surface area contributed by atoms with Gasteiger partial charge in [0.05, 0.1) is 6.54 Å². The maximum absolute atomic E-state index is 11.5. The molecule has 3 N–H and O–H groups in total. The van der Waals surface area contributed by atoms with Crippen molar-refractivity contribution in [2.75, 3.05) is 13.1 Å². The summed E-state index contributed by atoms with van der Waals surface area (Å²) < 4.78 is 0. The third-order valence-electron chi connectivity index (χ3n) is 3.10. The highest BCUT2D eigenvalue weighted by Crippen LogP contribution is 2.35. The summed E-state index contributed by atoms with van der Waals surface area (Å²) in [4.78, 5) is 24.4. The Morgan fingerprint density at radius 1 is 1.50 bits per heavy atom. The Balaban J connectivity index is 2.21. The van der Waals surface area contributed by atoms with E-state index < -0.39 is 5.66 Å². The predicted molar refractivity (Wildman–Crippen MR) is 50.1 cm³/mol. The molecule has 0 aromatic rings. The maximum atomic E-state index is 11.5. The Hall–Kier alpha value is -1.10. The predicted octanol–water partition coefficient (Wildman–Crippen LogP) is -0.826. The van der Waals surface area contributed by atoms with Crippen LogP contribution in [0.5, 0.6) is 0 Å². The van der Waals surface area contributed by atoms with E-state index in [4.69, 9.17) is 5.73 Å². The zero-order chi connectivity index (χ0) is 10.2. The van der Waals surface area contributed by atoms with Crippen LogP contribution in [0.15, 0.2) is 0 Å². The molecular weight excluding hydrogens is 182 g/mol. The van der Waals surface area contributed by atoms with Crippen molar-refractivity contribution in [3.63, 3.8) is 0 Å². The quantitative estimate of drug-likeness (QED) is 0.576. The van der Waals surface area contributed by atoms with Crippen molar-refractivity contribution in [1.29, 1.82) is 0 Å². The molecule has 2 amide bonds. The molecule has 1 spiro atoms. The summed E-state index contributed by atoms with van der Waals surface area (Å²) in [6.07, 6.45) is 3.86. The number of carbonyl (C=O) groups excluding carboxylic acids is 2. The van der Waals surface area contributed by atoms with Gasteiger partial charge in [-0.2, -0.15) is 0 Å². The first kappa shape index (κ1) is 9.45. The van der Waals surface area contributed by atoms with E-state index in [1.807, 2.05) is 0 Å². The van der Waals surface area contributed by atoms with Crippen molar-refractivity contribution in [3.8, 4) is 0 Å². The number of nitrogens with one attached hydrogen (secondary N) is 1. The number of nitrogens with two attached hydrogens (primary N) is 1. The monoisotopic (exact) mass is 197 g/mol. The van der Waals surface area contributed by atoms with Crippen LogP contribution in [0.3, 0.4) is 0 Å². The van der Waals surface area contributed by atoms with Gasteiger partial charge in [0.2, 0.25) is 11.8 Å². The molecule has 2 fully saturated rings. The van der Waals surface area contributed by atoms with Gasteiger partial charge in [-0.15, -0.1) is 0 Å². The first-order valence-corrected chi connectivity index (χ1v) is 4.99. The molecule has 5 heteroatoms. The Morgan fingerprint density at radius 2 is 2.14 bits per heavy atom. The average Bonchev–Trinajstić information content (AvgIpc) is 2.74. The molecule has 1 saturated heterocycles. The van der Waals surface area contributed by atoms with Crippen LogP contribution in [0.1, 0.15) is 25.7 Å². The van der Waals surface area contributed by atoms with E-state index in [2.05, 4.69) is 5.32 Å². The van der Waals surface area contributed by atoms with Crippen LogP contribution in [0.4, 0.5) is 0 Å². The van der Waals surface area contributed by atoms with Gasteiger partial charge in [-0.25, -0.2) is 0 Å². The van der Waals surface area contributed by atoms with Gasteiger partial charge >= 0.3 is 0 Å². The van der Waals surface area contributed by atoms with Crippen LogP contribution in [0.25, 0.3) is 0 Å². The fourth-order valence-electron chi connectivity index (χ4n) is 2.45. The fourth-order valence-corrected chi connectivity index (χ4v) is 2.45. The van der Waals surface area contributed by atoms with Crippen LogP contribution >= 0.6 is 0 Å². The standard InChI is InChI=1S/C9H15N3O2/c10-5-8(14)12-6-7(13)11-9(12)3-1-2-4-9/h1-6,10H2,(H,11,13). The first-order chi connectivity index (χ1) is 6.68. The highest BCUT2D eigenvalue weighted by Gasteiger charge is 2.48. The summed E-state index contributed by atoms with van der Waals surface area (Å²) >= 11 is 0. The van der Waals surface area contributed by atoms with E-state index in [9.17, 15) is 9.59 Å². The average molecular weight is 197 g/mol. The van der Waals surface area contributed by atoms with Gasteiger partial charge in [-0.3, -0.25) is 9.59 Å². The second-order valence-corrected chi connectivity index (χ2v) is 3.97. The lowest BCUT2D eigenvalue weighted by Crippen LogP contribution is -2.53. The molecule has 0 aromatic carbocycles. The number of hydrogen-bond acceptors (Lipinski definition) is 3. The van der Waals surface area contributed by atoms with Gasteiger partial charge in [0.1, 0.15) is 12.2 Å². The van der Waals surface area contributed by atoms with E-state index in [0.717, 1.165) is 25.7 Å². The van der Waals surface area contributed by atoms with Crippen molar-refractivity contribution < 1.29 is 9.59 Å². The van der Waals surface area contributed by atoms with Gasteiger partial charge < -0.3 is 16.0 Å². The van der Waals surface area contributed by atoms with E-state index in [0.29, 0.717) is 0 Å².